The summed E-state index contributed by atoms with van der Waals surface area (Å²) in [6.45, 7) is 0.319. The van der Waals surface area contributed by atoms with Crippen LogP contribution in [-0.4, -0.2) is 0 Å². The first-order valence-corrected chi connectivity index (χ1v) is 6.31. The molecule has 2 nitrogen and oxygen atoms in total. The maximum Gasteiger partial charge on any atom is 0.119 e. The number of anilines is 1. The molecule has 0 aromatic heterocycles. The number of halogens is 3. The first kappa shape index (κ1) is 13.3. The normalized spacial score (nSPS) is 10.4. The molecule has 0 saturated carbocycles. The van der Waals surface area contributed by atoms with Gasteiger partial charge in [0.2, 0.25) is 0 Å². The Bertz CT molecular complexity index is 555. The van der Waals surface area contributed by atoms with Crippen LogP contribution in [0, 0.1) is 0 Å². The standard InChI is InChI=1S/C13H10Cl3NO/c14-11-6-13(16)12(15)5-8(11)7-18-10-3-1-9(17)2-4-10/h1-6H,7,17H2. The van der Waals surface area contributed by atoms with Crippen LogP contribution in [0.15, 0.2) is 36.4 Å². The number of ether oxygens (including phenoxy) is 1. The van der Waals surface area contributed by atoms with E-state index in [2.05, 4.69) is 0 Å². The molecule has 0 heterocycles. The van der Waals surface area contributed by atoms with E-state index in [9.17, 15) is 0 Å². The van der Waals surface area contributed by atoms with Crippen molar-refractivity contribution in [2.24, 2.45) is 0 Å². The summed E-state index contributed by atoms with van der Waals surface area (Å²) >= 11 is 17.8. The van der Waals surface area contributed by atoms with Crippen molar-refractivity contribution in [3.63, 3.8) is 0 Å². The molecule has 94 valence electrons. The molecule has 2 aromatic rings. The average molecular weight is 303 g/mol. The highest BCUT2D eigenvalue weighted by Crippen LogP contribution is 2.29. The van der Waals surface area contributed by atoms with Gasteiger partial charge in [0.1, 0.15) is 12.4 Å². The second kappa shape index (κ2) is 5.70. The molecular weight excluding hydrogens is 293 g/mol. The van der Waals surface area contributed by atoms with Crippen molar-refractivity contribution in [3.8, 4) is 5.75 Å². The van der Waals surface area contributed by atoms with Crippen LogP contribution in [0.25, 0.3) is 0 Å². The molecule has 0 spiro atoms. The monoisotopic (exact) mass is 301 g/mol. The van der Waals surface area contributed by atoms with Crippen LogP contribution in [0.3, 0.4) is 0 Å². The number of hydrogen-bond donors (Lipinski definition) is 1. The van der Waals surface area contributed by atoms with Gasteiger partial charge in [0.15, 0.2) is 0 Å². The van der Waals surface area contributed by atoms with Gasteiger partial charge in [0.25, 0.3) is 0 Å². The summed E-state index contributed by atoms with van der Waals surface area (Å²) in [5.74, 6) is 0.714. The highest BCUT2D eigenvalue weighted by atomic mass is 35.5. The van der Waals surface area contributed by atoms with Gasteiger partial charge in [-0.15, -0.1) is 0 Å². The van der Waals surface area contributed by atoms with Crippen LogP contribution in [0.5, 0.6) is 5.75 Å². The number of nitrogens with two attached hydrogens (primary N) is 1. The van der Waals surface area contributed by atoms with E-state index >= 15 is 0 Å². The third-order valence-corrected chi connectivity index (χ3v) is 3.44. The minimum absolute atomic E-state index is 0.319. The van der Waals surface area contributed by atoms with Crippen molar-refractivity contribution in [2.75, 3.05) is 5.73 Å². The highest BCUT2D eigenvalue weighted by Gasteiger charge is 2.06. The fourth-order valence-electron chi connectivity index (χ4n) is 1.40. The van der Waals surface area contributed by atoms with Gasteiger partial charge >= 0.3 is 0 Å². The molecule has 2 N–H and O–H groups in total. The molecule has 0 fully saturated rings. The Morgan fingerprint density at radius 2 is 1.50 bits per heavy atom. The van der Waals surface area contributed by atoms with E-state index in [1.54, 1.807) is 36.4 Å². The summed E-state index contributed by atoms with van der Waals surface area (Å²) in [6.07, 6.45) is 0. The number of hydrogen-bond acceptors (Lipinski definition) is 2. The summed E-state index contributed by atoms with van der Waals surface area (Å²) in [5.41, 5.74) is 7.06. The topological polar surface area (TPSA) is 35.2 Å². The van der Waals surface area contributed by atoms with E-state index < -0.39 is 0 Å². The highest BCUT2D eigenvalue weighted by molar-refractivity contribution is 6.43. The van der Waals surface area contributed by atoms with Gasteiger partial charge in [-0.3, -0.25) is 0 Å². The van der Waals surface area contributed by atoms with Crippen molar-refractivity contribution in [3.05, 3.63) is 57.0 Å². The smallest absolute Gasteiger partial charge is 0.119 e. The van der Waals surface area contributed by atoms with E-state index in [0.717, 1.165) is 5.56 Å². The summed E-state index contributed by atoms with van der Waals surface area (Å²) in [6, 6.07) is 10.4. The molecule has 5 heteroatoms. The van der Waals surface area contributed by atoms with Crippen LogP contribution in [-0.2, 0) is 6.61 Å². The Kier molecular flexibility index (Phi) is 4.23. The molecule has 18 heavy (non-hydrogen) atoms. The number of benzene rings is 2. The molecule has 0 aliphatic carbocycles. The fourth-order valence-corrected chi connectivity index (χ4v) is 2.02. The van der Waals surface area contributed by atoms with Gasteiger partial charge in [0.05, 0.1) is 10.0 Å². The van der Waals surface area contributed by atoms with E-state index in [1.165, 1.54) is 0 Å². The van der Waals surface area contributed by atoms with E-state index in [-0.39, 0.29) is 0 Å². The minimum atomic E-state index is 0.319. The van der Waals surface area contributed by atoms with Crippen molar-refractivity contribution < 1.29 is 4.74 Å². The summed E-state index contributed by atoms with van der Waals surface area (Å²) < 4.78 is 5.58. The van der Waals surface area contributed by atoms with Crippen molar-refractivity contribution in [1.82, 2.24) is 0 Å². The lowest BCUT2D eigenvalue weighted by Gasteiger charge is -2.09. The fraction of sp³-hybridized carbons (Fsp3) is 0.0769. The Balaban J connectivity index is 2.10. The maximum atomic E-state index is 6.05. The maximum absolute atomic E-state index is 6.05. The molecule has 0 saturated heterocycles. The van der Waals surface area contributed by atoms with Gasteiger partial charge < -0.3 is 10.5 Å². The van der Waals surface area contributed by atoms with E-state index in [0.29, 0.717) is 33.1 Å². The van der Waals surface area contributed by atoms with E-state index in [4.69, 9.17) is 45.3 Å². The second-order valence-corrected chi connectivity index (χ2v) is 4.94. The van der Waals surface area contributed by atoms with Gasteiger partial charge in [0, 0.05) is 16.3 Å². The summed E-state index contributed by atoms with van der Waals surface area (Å²) in [5, 5.41) is 1.41. The van der Waals surface area contributed by atoms with E-state index in [1.807, 2.05) is 0 Å². The first-order valence-electron chi connectivity index (χ1n) is 5.18. The SMILES string of the molecule is Nc1ccc(OCc2cc(Cl)c(Cl)cc2Cl)cc1. The number of nitrogen functional groups attached to an aromatic ring is 1. The predicted octanol–water partition coefficient (Wildman–Crippen LogP) is 4.81. The quantitative estimate of drug-likeness (QED) is 0.652. The molecule has 0 aliphatic rings. The minimum Gasteiger partial charge on any atom is -0.489 e. The van der Waals surface area contributed by atoms with Crippen molar-refractivity contribution in [2.45, 2.75) is 6.61 Å². The molecule has 0 unspecified atom stereocenters. The van der Waals surface area contributed by atoms with Crippen LogP contribution < -0.4 is 10.5 Å². The molecular formula is C13H10Cl3NO. The second-order valence-electron chi connectivity index (χ2n) is 3.72. The lowest BCUT2D eigenvalue weighted by Crippen LogP contribution is -1.97. The third kappa shape index (κ3) is 3.22. The zero-order valence-corrected chi connectivity index (χ0v) is 11.6. The summed E-state index contributed by atoms with van der Waals surface area (Å²) in [7, 11) is 0. The molecule has 0 amide bonds. The Labute approximate surface area is 120 Å². The lowest BCUT2D eigenvalue weighted by molar-refractivity contribution is 0.306. The Hall–Kier alpha value is -1.09. The average Bonchev–Trinajstić information content (AvgIpc) is 2.34. The molecule has 2 rings (SSSR count). The predicted molar refractivity (Wildman–Crippen MR) is 76.7 cm³/mol. The number of rotatable bonds is 3. The Morgan fingerprint density at radius 1 is 0.889 bits per heavy atom. The van der Waals surface area contributed by atoms with Gasteiger partial charge in [-0.1, -0.05) is 34.8 Å². The summed E-state index contributed by atoms with van der Waals surface area (Å²) in [4.78, 5) is 0. The zero-order valence-electron chi connectivity index (χ0n) is 9.29. The Morgan fingerprint density at radius 3 is 2.17 bits per heavy atom. The molecule has 0 bridgehead atoms. The van der Waals surface area contributed by atoms with Crippen LogP contribution >= 0.6 is 34.8 Å². The van der Waals surface area contributed by atoms with Crippen LogP contribution in [0.2, 0.25) is 15.1 Å². The third-order valence-electron chi connectivity index (χ3n) is 2.36. The molecule has 0 atom stereocenters. The van der Waals surface area contributed by atoms with Gasteiger partial charge in [-0.05, 0) is 36.4 Å². The molecule has 2 aromatic carbocycles. The zero-order chi connectivity index (χ0) is 13.1. The van der Waals surface area contributed by atoms with Crippen LogP contribution in [0.1, 0.15) is 5.56 Å². The van der Waals surface area contributed by atoms with Gasteiger partial charge in [-0.25, -0.2) is 0 Å². The lowest BCUT2D eigenvalue weighted by atomic mass is 10.2. The van der Waals surface area contributed by atoms with Crippen LogP contribution in [0.4, 0.5) is 5.69 Å². The van der Waals surface area contributed by atoms with Crippen molar-refractivity contribution in [1.29, 1.82) is 0 Å². The first-order chi connectivity index (χ1) is 8.56. The largest absolute Gasteiger partial charge is 0.489 e. The molecule has 0 aliphatic heterocycles. The van der Waals surface area contributed by atoms with Crippen molar-refractivity contribution >= 4 is 40.5 Å². The molecule has 0 radical (unpaired) electrons. The van der Waals surface area contributed by atoms with Gasteiger partial charge in [-0.2, -0.15) is 0 Å².